The van der Waals surface area contributed by atoms with Gasteiger partial charge in [-0.05, 0) is 33.2 Å². The molecular formula is C9H7BrN2O4S. The van der Waals surface area contributed by atoms with E-state index in [9.17, 15) is 8.42 Å². The lowest BCUT2D eigenvalue weighted by molar-refractivity contribution is 0.391. The van der Waals surface area contributed by atoms with Gasteiger partial charge in [0.1, 0.15) is 5.69 Å². The monoisotopic (exact) mass is 318 g/mol. The van der Waals surface area contributed by atoms with Crippen LogP contribution in [-0.2, 0) is 10.1 Å². The summed E-state index contributed by atoms with van der Waals surface area (Å²) in [6.07, 6.45) is 2.52. The molecule has 0 spiro atoms. The van der Waals surface area contributed by atoms with E-state index in [2.05, 4.69) is 30.3 Å². The first-order chi connectivity index (χ1) is 7.94. The van der Waals surface area contributed by atoms with Gasteiger partial charge in [-0.25, -0.2) is 0 Å². The molecule has 8 heteroatoms. The molecule has 2 aromatic heterocycles. The summed E-state index contributed by atoms with van der Waals surface area (Å²) in [5.74, 6) is 0.211. The zero-order valence-corrected chi connectivity index (χ0v) is 11.0. The predicted molar refractivity (Wildman–Crippen MR) is 62.9 cm³/mol. The summed E-state index contributed by atoms with van der Waals surface area (Å²) in [5.41, 5.74) is 0.532. The molecule has 2 heterocycles. The molecule has 0 radical (unpaired) electrons. The van der Waals surface area contributed by atoms with Crippen LogP contribution in [0.25, 0.3) is 11.5 Å². The molecule has 0 amide bonds. The number of rotatable bonds is 3. The van der Waals surface area contributed by atoms with Crippen molar-refractivity contribution in [3.63, 3.8) is 0 Å². The van der Waals surface area contributed by atoms with Crippen molar-refractivity contribution in [3.05, 3.63) is 28.9 Å². The first-order valence-corrected chi connectivity index (χ1v) is 7.03. The minimum absolute atomic E-state index is 0.118. The van der Waals surface area contributed by atoms with Crippen LogP contribution in [0.5, 0.6) is 5.88 Å². The molecule has 0 saturated carbocycles. The highest BCUT2D eigenvalue weighted by Gasteiger charge is 2.12. The van der Waals surface area contributed by atoms with Crippen molar-refractivity contribution in [1.29, 1.82) is 0 Å². The van der Waals surface area contributed by atoms with Gasteiger partial charge in [0.05, 0.1) is 12.3 Å². The van der Waals surface area contributed by atoms with Crippen molar-refractivity contribution in [2.45, 2.75) is 0 Å². The molecule has 17 heavy (non-hydrogen) atoms. The van der Waals surface area contributed by atoms with E-state index < -0.39 is 10.1 Å². The molecule has 0 N–H and O–H groups in total. The summed E-state index contributed by atoms with van der Waals surface area (Å²) < 4.78 is 32.0. The largest absolute Gasteiger partial charge is 0.358 e. The van der Waals surface area contributed by atoms with Gasteiger partial charge in [-0.1, -0.05) is 0 Å². The van der Waals surface area contributed by atoms with Crippen LogP contribution in [0, 0.1) is 0 Å². The van der Waals surface area contributed by atoms with Gasteiger partial charge in [-0.15, -0.1) is 0 Å². The van der Waals surface area contributed by atoms with Crippen molar-refractivity contribution < 1.29 is 17.1 Å². The molecule has 0 fully saturated rings. The van der Waals surface area contributed by atoms with Crippen molar-refractivity contribution in [3.8, 4) is 17.3 Å². The third-order valence-electron chi connectivity index (χ3n) is 1.71. The van der Waals surface area contributed by atoms with Gasteiger partial charge in [-0.2, -0.15) is 8.42 Å². The highest BCUT2D eigenvalue weighted by Crippen LogP contribution is 2.23. The highest BCUT2D eigenvalue weighted by molar-refractivity contribution is 9.10. The summed E-state index contributed by atoms with van der Waals surface area (Å²) >= 11 is 3.25. The van der Waals surface area contributed by atoms with Crippen LogP contribution in [0.15, 0.2) is 33.4 Å². The molecule has 0 saturated heterocycles. The summed E-state index contributed by atoms with van der Waals surface area (Å²) in [6.45, 7) is 0. The lowest BCUT2D eigenvalue weighted by atomic mass is 10.3. The van der Waals surface area contributed by atoms with Crippen molar-refractivity contribution in [2.24, 2.45) is 0 Å². The van der Waals surface area contributed by atoms with E-state index in [1.165, 1.54) is 6.07 Å². The average molecular weight is 319 g/mol. The molecule has 0 unspecified atom stereocenters. The van der Waals surface area contributed by atoms with E-state index in [0.717, 1.165) is 10.7 Å². The molecule has 0 bridgehead atoms. The summed E-state index contributed by atoms with van der Waals surface area (Å²) in [7, 11) is -3.60. The molecule has 0 aromatic carbocycles. The van der Waals surface area contributed by atoms with Crippen molar-refractivity contribution in [2.75, 3.05) is 6.26 Å². The molecule has 2 aromatic rings. The summed E-state index contributed by atoms with van der Waals surface area (Å²) in [6, 6.07) is 4.84. The van der Waals surface area contributed by atoms with Crippen molar-refractivity contribution in [1.82, 2.24) is 10.1 Å². The van der Waals surface area contributed by atoms with Crippen molar-refractivity contribution >= 4 is 26.0 Å². The fraction of sp³-hybridized carbons (Fsp3) is 0.111. The Hall–Kier alpha value is -1.41. The van der Waals surface area contributed by atoms with E-state index >= 15 is 0 Å². The second-order valence-electron chi connectivity index (χ2n) is 3.18. The Morgan fingerprint density at radius 3 is 2.76 bits per heavy atom. The van der Waals surface area contributed by atoms with Crippen LogP contribution in [0.2, 0.25) is 0 Å². The zero-order valence-electron chi connectivity index (χ0n) is 8.62. The Morgan fingerprint density at radius 2 is 2.18 bits per heavy atom. The third kappa shape index (κ3) is 3.27. The topological polar surface area (TPSA) is 82.3 Å². The van der Waals surface area contributed by atoms with Crippen LogP contribution in [0.3, 0.4) is 0 Å². The fourth-order valence-electron chi connectivity index (χ4n) is 1.10. The van der Waals surface area contributed by atoms with Gasteiger partial charge in [0.25, 0.3) is 5.88 Å². The van der Waals surface area contributed by atoms with Gasteiger partial charge in [-0.3, -0.25) is 4.98 Å². The Balaban J connectivity index is 2.27. The molecule has 90 valence electrons. The smallest absolute Gasteiger partial charge is 0.307 e. The Morgan fingerprint density at radius 1 is 1.41 bits per heavy atom. The standard InChI is InChI=1S/C9H7BrN2O4S/c1-17(13,14)16-9-4-8(15-12-9)7-3-2-6(10)5-11-7/h2-5H,1H3. The molecule has 0 aliphatic carbocycles. The second kappa shape index (κ2) is 4.46. The summed E-state index contributed by atoms with van der Waals surface area (Å²) in [5, 5.41) is 3.47. The van der Waals surface area contributed by atoms with E-state index in [0.29, 0.717) is 11.5 Å². The van der Waals surface area contributed by atoms with Crippen LogP contribution < -0.4 is 4.18 Å². The predicted octanol–water partition coefficient (Wildman–Crippen LogP) is 1.84. The van der Waals surface area contributed by atoms with Crippen LogP contribution >= 0.6 is 15.9 Å². The number of aromatic nitrogens is 2. The molecule has 0 aliphatic rings. The van der Waals surface area contributed by atoms with Crippen LogP contribution in [0.1, 0.15) is 0 Å². The highest BCUT2D eigenvalue weighted by atomic mass is 79.9. The molecule has 6 nitrogen and oxygen atoms in total. The van der Waals surface area contributed by atoms with Crippen LogP contribution in [0.4, 0.5) is 0 Å². The molecule has 2 rings (SSSR count). The van der Waals surface area contributed by atoms with Gasteiger partial charge in [0.15, 0.2) is 5.76 Å². The Labute approximate surface area is 106 Å². The number of halogens is 1. The maximum atomic E-state index is 10.9. The first kappa shape index (κ1) is 12.1. The first-order valence-electron chi connectivity index (χ1n) is 4.42. The minimum atomic E-state index is -3.60. The second-order valence-corrected chi connectivity index (χ2v) is 5.67. The van der Waals surface area contributed by atoms with E-state index in [1.807, 2.05) is 0 Å². The van der Waals surface area contributed by atoms with Crippen LogP contribution in [-0.4, -0.2) is 24.8 Å². The molecule has 0 atom stereocenters. The SMILES string of the molecule is CS(=O)(=O)Oc1cc(-c2ccc(Br)cn2)on1. The quantitative estimate of drug-likeness (QED) is 0.803. The molecular weight excluding hydrogens is 312 g/mol. The fourth-order valence-corrected chi connectivity index (χ4v) is 1.72. The molecule has 0 aliphatic heterocycles. The third-order valence-corrected chi connectivity index (χ3v) is 2.65. The van der Waals surface area contributed by atoms with E-state index in [4.69, 9.17) is 4.52 Å². The Kier molecular flexibility index (Phi) is 3.16. The number of nitrogens with zero attached hydrogens (tertiary/aromatic N) is 2. The lowest BCUT2D eigenvalue weighted by Crippen LogP contribution is -2.05. The number of pyridine rings is 1. The van der Waals surface area contributed by atoms with E-state index in [1.54, 1.807) is 18.3 Å². The van der Waals surface area contributed by atoms with Gasteiger partial charge in [0.2, 0.25) is 0 Å². The van der Waals surface area contributed by atoms with Gasteiger partial charge >= 0.3 is 10.1 Å². The maximum absolute atomic E-state index is 10.9. The zero-order chi connectivity index (χ0) is 12.5. The Bertz CT molecular complexity index is 621. The maximum Gasteiger partial charge on any atom is 0.307 e. The number of hydrogen-bond acceptors (Lipinski definition) is 6. The summed E-state index contributed by atoms with van der Waals surface area (Å²) in [4.78, 5) is 4.07. The number of hydrogen-bond donors (Lipinski definition) is 0. The van der Waals surface area contributed by atoms with Gasteiger partial charge < -0.3 is 8.71 Å². The lowest BCUT2D eigenvalue weighted by Gasteiger charge is -1.94. The van der Waals surface area contributed by atoms with E-state index in [-0.39, 0.29) is 5.88 Å². The van der Waals surface area contributed by atoms with Gasteiger partial charge in [0, 0.05) is 10.7 Å². The average Bonchev–Trinajstić information content (AvgIpc) is 2.64. The minimum Gasteiger partial charge on any atom is -0.358 e. The normalized spacial score (nSPS) is 11.4.